The molecule has 0 bridgehead atoms. The topological polar surface area (TPSA) is 78.4 Å². The Kier molecular flexibility index (Phi) is 6.51. The number of rotatable bonds is 7. The summed E-state index contributed by atoms with van der Waals surface area (Å²) >= 11 is 0. The molecule has 126 valence electrons. The third-order valence-electron chi connectivity index (χ3n) is 3.57. The van der Waals surface area contributed by atoms with Gasteiger partial charge in [-0.1, -0.05) is 48.5 Å². The molecule has 2 amide bonds. The van der Waals surface area contributed by atoms with Crippen molar-refractivity contribution in [1.29, 1.82) is 0 Å². The van der Waals surface area contributed by atoms with Gasteiger partial charge in [-0.3, -0.25) is 9.59 Å². The van der Waals surface area contributed by atoms with Crippen LogP contribution in [-0.2, 0) is 4.79 Å². The van der Waals surface area contributed by atoms with Crippen LogP contribution in [0.5, 0.6) is 0 Å². The lowest BCUT2D eigenvalue weighted by Gasteiger charge is -2.19. The van der Waals surface area contributed by atoms with Gasteiger partial charge < -0.3 is 15.7 Å². The maximum atomic E-state index is 12.5. The van der Waals surface area contributed by atoms with Crippen LogP contribution in [0.1, 0.15) is 35.3 Å². The molecule has 0 aliphatic carbocycles. The molecule has 2 atom stereocenters. The number of aliphatic hydroxyl groups excluding tert-OH is 1. The van der Waals surface area contributed by atoms with Gasteiger partial charge in [0, 0.05) is 12.1 Å². The van der Waals surface area contributed by atoms with Crippen LogP contribution >= 0.6 is 0 Å². The largest absolute Gasteiger partial charge is 0.393 e. The van der Waals surface area contributed by atoms with Crippen molar-refractivity contribution in [3.05, 3.63) is 71.8 Å². The number of carbonyl (C=O) groups is 2. The SMILES string of the molecule is CC(O)CCNC(=O)C(NC(=O)c1ccccc1)c1ccccc1. The number of hydrogen-bond donors (Lipinski definition) is 3. The summed E-state index contributed by atoms with van der Waals surface area (Å²) in [6.45, 7) is 2.01. The third-order valence-corrected chi connectivity index (χ3v) is 3.57. The van der Waals surface area contributed by atoms with Gasteiger partial charge >= 0.3 is 0 Å². The lowest BCUT2D eigenvalue weighted by molar-refractivity contribution is -0.123. The highest BCUT2D eigenvalue weighted by Crippen LogP contribution is 2.14. The fraction of sp³-hybridized carbons (Fsp3) is 0.263. The van der Waals surface area contributed by atoms with Gasteiger partial charge in [0.2, 0.25) is 5.91 Å². The molecule has 5 nitrogen and oxygen atoms in total. The van der Waals surface area contributed by atoms with E-state index in [9.17, 15) is 14.7 Å². The minimum absolute atomic E-state index is 0.300. The van der Waals surface area contributed by atoms with Crippen LogP contribution in [0.2, 0.25) is 0 Å². The first kappa shape index (κ1) is 17.7. The van der Waals surface area contributed by atoms with E-state index in [1.165, 1.54) is 0 Å². The van der Waals surface area contributed by atoms with Gasteiger partial charge in [-0.2, -0.15) is 0 Å². The molecule has 0 aliphatic heterocycles. The van der Waals surface area contributed by atoms with Gasteiger partial charge in [0.15, 0.2) is 0 Å². The van der Waals surface area contributed by atoms with Crippen molar-refractivity contribution in [1.82, 2.24) is 10.6 Å². The quantitative estimate of drug-likeness (QED) is 0.728. The predicted octanol–water partition coefficient (Wildman–Crippen LogP) is 2.04. The zero-order valence-corrected chi connectivity index (χ0v) is 13.6. The highest BCUT2D eigenvalue weighted by molar-refractivity contribution is 5.97. The van der Waals surface area contributed by atoms with Gasteiger partial charge in [0.1, 0.15) is 6.04 Å². The van der Waals surface area contributed by atoms with E-state index in [0.29, 0.717) is 24.1 Å². The highest BCUT2D eigenvalue weighted by Gasteiger charge is 2.22. The summed E-state index contributed by atoms with van der Waals surface area (Å²) in [5, 5.41) is 14.8. The van der Waals surface area contributed by atoms with E-state index < -0.39 is 12.1 Å². The summed E-state index contributed by atoms with van der Waals surface area (Å²) in [7, 11) is 0. The molecule has 5 heteroatoms. The van der Waals surface area contributed by atoms with E-state index in [1.54, 1.807) is 43.3 Å². The molecule has 2 aromatic rings. The smallest absolute Gasteiger partial charge is 0.252 e. The van der Waals surface area contributed by atoms with Gasteiger partial charge in [-0.15, -0.1) is 0 Å². The number of amides is 2. The summed E-state index contributed by atoms with van der Waals surface area (Å²) in [5.74, 6) is -0.610. The second-order valence-electron chi connectivity index (χ2n) is 5.61. The molecule has 2 rings (SSSR count). The normalized spacial score (nSPS) is 12.9. The zero-order chi connectivity index (χ0) is 17.4. The van der Waals surface area contributed by atoms with Crippen LogP contribution in [-0.4, -0.2) is 29.6 Å². The first-order chi connectivity index (χ1) is 11.6. The van der Waals surface area contributed by atoms with Crippen LogP contribution < -0.4 is 10.6 Å². The van der Waals surface area contributed by atoms with E-state index in [0.717, 1.165) is 0 Å². The molecule has 2 unspecified atom stereocenters. The standard InChI is InChI=1S/C19H22N2O3/c1-14(22)12-13-20-19(24)17(15-8-4-2-5-9-15)21-18(23)16-10-6-3-7-11-16/h2-11,14,17,22H,12-13H2,1H3,(H,20,24)(H,21,23). The fourth-order valence-corrected chi connectivity index (χ4v) is 2.26. The minimum Gasteiger partial charge on any atom is -0.393 e. The molecule has 3 N–H and O–H groups in total. The number of carbonyl (C=O) groups excluding carboxylic acids is 2. The van der Waals surface area contributed by atoms with Gasteiger partial charge in [0.25, 0.3) is 5.91 Å². The van der Waals surface area contributed by atoms with Gasteiger partial charge in [-0.25, -0.2) is 0 Å². The molecule has 2 aromatic carbocycles. The summed E-state index contributed by atoms with van der Waals surface area (Å²) in [6, 6.07) is 17.1. The molecule has 0 fully saturated rings. The number of hydrogen-bond acceptors (Lipinski definition) is 3. The van der Waals surface area contributed by atoms with Gasteiger partial charge in [0.05, 0.1) is 6.10 Å². The summed E-state index contributed by atoms with van der Waals surface area (Å²) < 4.78 is 0. The molecule has 0 radical (unpaired) electrons. The Hall–Kier alpha value is -2.66. The number of benzene rings is 2. The van der Waals surface area contributed by atoms with E-state index in [4.69, 9.17) is 0 Å². The molecular weight excluding hydrogens is 304 g/mol. The Morgan fingerprint density at radius 3 is 2.17 bits per heavy atom. The Labute approximate surface area is 141 Å². The molecule has 0 heterocycles. The Balaban J connectivity index is 2.11. The molecular formula is C19H22N2O3. The lowest BCUT2D eigenvalue weighted by Crippen LogP contribution is -2.41. The maximum absolute atomic E-state index is 12.5. The van der Waals surface area contributed by atoms with E-state index in [2.05, 4.69) is 10.6 Å². The second kappa shape index (κ2) is 8.84. The number of nitrogens with one attached hydrogen (secondary N) is 2. The maximum Gasteiger partial charge on any atom is 0.252 e. The minimum atomic E-state index is -0.784. The van der Waals surface area contributed by atoms with Crippen LogP contribution in [0.3, 0.4) is 0 Å². The van der Waals surface area contributed by atoms with Crippen molar-refractivity contribution in [3.8, 4) is 0 Å². The lowest BCUT2D eigenvalue weighted by atomic mass is 10.1. The van der Waals surface area contributed by atoms with E-state index in [1.807, 2.05) is 24.3 Å². The highest BCUT2D eigenvalue weighted by atomic mass is 16.3. The molecule has 0 aliphatic rings. The first-order valence-corrected chi connectivity index (χ1v) is 7.94. The van der Waals surface area contributed by atoms with Crippen LogP contribution in [0, 0.1) is 0 Å². The molecule has 0 saturated heterocycles. The van der Waals surface area contributed by atoms with Crippen molar-refractivity contribution in [3.63, 3.8) is 0 Å². The van der Waals surface area contributed by atoms with Crippen molar-refractivity contribution < 1.29 is 14.7 Å². The van der Waals surface area contributed by atoms with Crippen molar-refractivity contribution in [2.45, 2.75) is 25.5 Å². The predicted molar refractivity (Wildman–Crippen MR) is 92.4 cm³/mol. The van der Waals surface area contributed by atoms with E-state index >= 15 is 0 Å². The average Bonchev–Trinajstić information content (AvgIpc) is 2.60. The average molecular weight is 326 g/mol. The molecule has 0 spiro atoms. The number of aliphatic hydroxyl groups is 1. The molecule has 24 heavy (non-hydrogen) atoms. The summed E-state index contributed by atoms with van der Waals surface area (Å²) in [6.07, 6.45) is -0.0285. The van der Waals surface area contributed by atoms with Crippen molar-refractivity contribution >= 4 is 11.8 Å². The van der Waals surface area contributed by atoms with E-state index in [-0.39, 0.29) is 11.8 Å². The summed E-state index contributed by atoms with van der Waals surface area (Å²) in [5.41, 5.74) is 1.20. The van der Waals surface area contributed by atoms with Crippen LogP contribution in [0.25, 0.3) is 0 Å². The third kappa shape index (κ3) is 5.21. The Bertz CT molecular complexity index is 657. The van der Waals surface area contributed by atoms with Crippen LogP contribution in [0.4, 0.5) is 0 Å². The second-order valence-corrected chi connectivity index (χ2v) is 5.61. The zero-order valence-electron chi connectivity index (χ0n) is 13.6. The Morgan fingerprint density at radius 1 is 1.00 bits per heavy atom. The molecule has 0 aromatic heterocycles. The van der Waals surface area contributed by atoms with Gasteiger partial charge in [-0.05, 0) is 31.0 Å². The van der Waals surface area contributed by atoms with Crippen molar-refractivity contribution in [2.24, 2.45) is 0 Å². The van der Waals surface area contributed by atoms with Crippen LogP contribution in [0.15, 0.2) is 60.7 Å². The fourth-order valence-electron chi connectivity index (χ4n) is 2.26. The first-order valence-electron chi connectivity index (χ1n) is 7.94. The Morgan fingerprint density at radius 2 is 1.58 bits per heavy atom. The summed E-state index contributed by atoms with van der Waals surface area (Å²) in [4.78, 5) is 24.9. The monoisotopic (exact) mass is 326 g/mol. The van der Waals surface area contributed by atoms with Crippen molar-refractivity contribution in [2.75, 3.05) is 6.54 Å². The molecule has 0 saturated carbocycles.